The second kappa shape index (κ2) is 5.00. The average Bonchev–Trinajstić information content (AvgIpc) is 2.21. The Morgan fingerprint density at radius 1 is 1.60 bits per heavy atom. The summed E-state index contributed by atoms with van der Waals surface area (Å²) >= 11 is 0. The van der Waals surface area contributed by atoms with Gasteiger partial charge in [0, 0.05) is 12.7 Å². The third-order valence-electron chi connectivity index (χ3n) is 2.13. The van der Waals surface area contributed by atoms with Gasteiger partial charge in [-0.3, -0.25) is 4.79 Å². The summed E-state index contributed by atoms with van der Waals surface area (Å²) in [6, 6.07) is 3.50. The zero-order valence-corrected chi connectivity index (χ0v) is 8.79. The molecular formula is C11H14FNO2. The van der Waals surface area contributed by atoms with Crippen LogP contribution in [0.3, 0.4) is 0 Å². The third-order valence-corrected chi connectivity index (χ3v) is 2.13. The predicted octanol–water partition coefficient (Wildman–Crippen LogP) is 1.29. The van der Waals surface area contributed by atoms with Crippen molar-refractivity contribution < 1.29 is 13.9 Å². The molecule has 0 aliphatic heterocycles. The fourth-order valence-electron chi connectivity index (χ4n) is 1.27. The summed E-state index contributed by atoms with van der Waals surface area (Å²) in [5, 5.41) is 0. The summed E-state index contributed by atoms with van der Waals surface area (Å²) in [5.74, 6) is -0.563. The molecule has 0 aromatic heterocycles. The van der Waals surface area contributed by atoms with Crippen molar-refractivity contribution in [1.29, 1.82) is 0 Å². The maximum atomic E-state index is 12.9. The van der Waals surface area contributed by atoms with Crippen LogP contribution in [0, 0.1) is 12.7 Å². The fourth-order valence-corrected chi connectivity index (χ4v) is 1.27. The lowest BCUT2D eigenvalue weighted by Crippen LogP contribution is -2.34. The van der Waals surface area contributed by atoms with Gasteiger partial charge in [0.2, 0.25) is 0 Å². The molecule has 1 aromatic carbocycles. The van der Waals surface area contributed by atoms with Crippen molar-refractivity contribution in [2.24, 2.45) is 5.73 Å². The minimum absolute atomic E-state index is 0.162. The van der Waals surface area contributed by atoms with Crippen LogP contribution in [0.4, 0.5) is 4.39 Å². The van der Waals surface area contributed by atoms with E-state index in [2.05, 4.69) is 0 Å². The number of Topliss-reactive ketones (excluding diaryl/α,β-unsaturated/α-hetero) is 1. The number of nitrogens with two attached hydrogens (primary N) is 1. The summed E-state index contributed by atoms with van der Waals surface area (Å²) < 4.78 is 17.7. The zero-order chi connectivity index (χ0) is 11.4. The van der Waals surface area contributed by atoms with Crippen LogP contribution >= 0.6 is 0 Å². The molecule has 82 valence electrons. The molecule has 4 heteroatoms. The monoisotopic (exact) mass is 211 g/mol. The van der Waals surface area contributed by atoms with Gasteiger partial charge in [-0.2, -0.15) is 0 Å². The first-order valence-electron chi connectivity index (χ1n) is 4.61. The number of methoxy groups -OCH3 is 1. The number of carbonyl (C=O) groups excluding carboxylic acids is 1. The minimum atomic E-state index is -0.695. The predicted molar refractivity (Wildman–Crippen MR) is 55.3 cm³/mol. The van der Waals surface area contributed by atoms with Gasteiger partial charge in [-0.25, -0.2) is 4.39 Å². The maximum Gasteiger partial charge on any atom is 0.181 e. The molecule has 0 radical (unpaired) electrons. The minimum Gasteiger partial charge on any atom is -0.383 e. The molecule has 0 amide bonds. The Balaban J connectivity index is 2.87. The van der Waals surface area contributed by atoms with Crippen molar-refractivity contribution in [2.75, 3.05) is 13.7 Å². The normalized spacial score (nSPS) is 12.5. The van der Waals surface area contributed by atoms with Crippen LogP contribution in [-0.4, -0.2) is 25.5 Å². The van der Waals surface area contributed by atoms with E-state index in [0.29, 0.717) is 11.1 Å². The third kappa shape index (κ3) is 2.84. The Bertz CT molecular complexity index is 366. The Labute approximate surface area is 88.0 Å². The molecule has 0 heterocycles. The highest BCUT2D eigenvalue weighted by atomic mass is 19.1. The Kier molecular flexibility index (Phi) is 3.94. The highest BCUT2D eigenvalue weighted by Crippen LogP contribution is 2.10. The van der Waals surface area contributed by atoms with E-state index < -0.39 is 6.04 Å². The van der Waals surface area contributed by atoms with Crippen LogP contribution in [0.1, 0.15) is 15.9 Å². The SMILES string of the molecule is COCC(N)C(=O)c1ccc(F)c(C)c1. The largest absolute Gasteiger partial charge is 0.383 e. The number of benzene rings is 1. The van der Waals surface area contributed by atoms with Crippen LogP contribution in [0.25, 0.3) is 0 Å². The molecule has 0 fully saturated rings. The molecule has 0 aliphatic carbocycles. The molecule has 1 rings (SSSR count). The van der Waals surface area contributed by atoms with Gasteiger partial charge >= 0.3 is 0 Å². The Morgan fingerprint density at radius 3 is 2.80 bits per heavy atom. The van der Waals surface area contributed by atoms with E-state index in [1.165, 1.54) is 25.3 Å². The van der Waals surface area contributed by atoms with Crippen LogP contribution in [0.15, 0.2) is 18.2 Å². The molecule has 2 N–H and O–H groups in total. The topological polar surface area (TPSA) is 52.3 Å². The van der Waals surface area contributed by atoms with Crippen LogP contribution in [-0.2, 0) is 4.74 Å². The molecule has 0 spiro atoms. The van der Waals surface area contributed by atoms with Crippen LogP contribution < -0.4 is 5.73 Å². The van der Waals surface area contributed by atoms with Crippen molar-refractivity contribution in [3.8, 4) is 0 Å². The van der Waals surface area contributed by atoms with Gasteiger partial charge in [-0.15, -0.1) is 0 Å². The van der Waals surface area contributed by atoms with Gasteiger partial charge in [0.25, 0.3) is 0 Å². The molecule has 0 bridgehead atoms. The van der Waals surface area contributed by atoms with Gasteiger partial charge in [0.15, 0.2) is 5.78 Å². The standard InChI is InChI=1S/C11H14FNO2/c1-7-5-8(3-4-9(7)12)11(14)10(13)6-15-2/h3-5,10H,6,13H2,1-2H3. The highest BCUT2D eigenvalue weighted by molar-refractivity contribution is 6.00. The lowest BCUT2D eigenvalue weighted by atomic mass is 10.0. The van der Waals surface area contributed by atoms with Gasteiger partial charge in [0.05, 0.1) is 12.6 Å². The Morgan fingerprint density at radius 2 is 2.27 bits per heavy atom. The molecule has 0 saturated heterocycles. The van der Waals surface area contributed by atoms with Gasteiger partial charge in [-0.05, 0) is 30.7 Å². The van der Waals surface area contributed by atoms with Crippen LogP contribution in [0.5, 0.6) is 0 Å². The first-order valence-corrected chi connectivity index (χ1v) is 4.61. The van der Waals surface area contributed by atoms with Gasteiger partial charge < -0.3 is 10.5 Å². The molecule has 1 atom stereocenters. The Hall–Kier alpha value is -1.26. The van der Waals surface area contributed by atoms with Crippen molar-refractivity contribution in [3.63, 3.8) is 0 Å². The summed E-state index contributed by atoms with van der Waals surface area (Å²) in [7, 11) is 1.48. The summed E-state index contributed by atoms with van der Waals surface area (Å²) in [6.07, 6.45) is 0. The van der Waals surface area contributed by atoms with Crippen molar-refractivity contribution in [2.45, 2.75) is 13.0 Å². The zero-order valence-electron chi connectivity index (χ0n) is 8.79. The number of ether oxygens (including phenoxy) is 1. The van der Waals surface area contributed by atoms with E-state index in [-0.39, 0.29) is 18.2 Å². The van der Waals surface area contributed by atoms with Crippen molar-refractivity contribution >= 4 is 5.78 Å². The molecule has 15 heavy (non-hydrogen) atoms. The van der Waals surface area contributed by atoms with E-state index in [4.69, 9.17) is 10.5 Å². The van der Waals surface area contributed by atoms with E-state index in [0.717, 1.165) is 0 Å². The van der Waals surface area contributed by atoms with Crippen molar-refractivity contribution in [1.82, 2.24) is 0 Å². The number of halogens is 1. The fraction of sp³-hybridized carbons (Fsp3) is 0.364. The van der Waals surface area contributed by atoms with E-state index >= 15 is 0 Å². The van der Waals surface area contributed by atoms with Crippen molar-refractivity contribution in [3.05, 3.63) is 35.1 Å². The van der Waals surface area contributed by atoms with Gasteiger partial charge in [0.1, 0.15) is 5.82 Å². The molecule has 1 aromatic rings. The quantitative estimate of drug-likeness (QED) is 0.763. The second-order valence-electron chi connectivity index (χ2n) is 3.39. The lowest BCUT2D eigenvalue weighted by molar-refractivity contribution is 0.0892. The van der Waals surface area contributed by atoms with E-state index in [1.54, 1.807) is 6.92 Å². The summed E-state index contributed by atoms with van der Waals surface area (Å²) in [4.78, 5) is 11.7. The highest BCUT2D eigenvalue weighted by Gasteiger charge is 2.15. The molecule has 0 aliphatic rings. The average molecular weight is 211 g/mol. The van der Waals surface area contributed by atoms with E-state index in [1.807, 2.05) is 0 Å². The van der Waals surface area contributed by atoms with Crippen LogP contribution in [0.2, 0.25) is 0 Å². The second-order valence-corrected chi connectivity index (χ2v) is 3.39. The smallest absolute Gasteiger partial charge is 0.181 e. The number of carbonyl (C=O) groups is 1. The molecule has 3 nitrogen and oxygen atoms in total. The first-order chi connectivity index (χ1) is 7.06. The lowest BCUT2D eigenvalue weighted by Gasteiger charge is -2.09. The maximum absolute atomic E-state index is 12.9. The molecule has 0 saturated carbocycles. The number of hydrogen-bond donors (Lipinski definition) is 1. The first kappa shape index (κ1) is 11.8. The van der Waals surface area contributed by atoms with E-state index in [9.17, 15) is 9.18 Å². The van der Waals surface area contributed by atoms with Gasteiger partial charge in [-0.1, -0.05) is 0 Å². The molecular weight excluding hydrogens is 197 g/mol. The summed E-state index contributed by atoms with van der Waals surface area (Å²) in [6.45, 7) is 1.77. The summed E-state index contributed by atoms with van der Waals surface area (Å²) in [5.41, 5.74) is 6.43. The number of hydrogen-bond acceptors (Lipinski definition) is 3. The number of ketones is 1. The molecule has 1 unspecified atom stereocenters. The number of aryl methyl sites for hydroxylation is 1. The number of rotatable bonds is 4.